The second kappa shape index (κ2) is 11.7. The Balaban J connectivity index is 0.000000171. The summed E-state index contributed by atoms with van der Waals surface area (Å²) in [6, 6.07) is 21.4. The van der Waals surface area contributed by atoms with Gasteiger partial charge in [0.1, 0.15) is 7.85 Å². The van der Waals surface area contributed by atoms with E-state index in [1.165, 1.54) is 16.8 Å². The first-order valence-electron chi connectivity index (χ1n) is 11.0. The number of nitrogens with zero attached hydrogens (tertiary/aromatic N) is 2. The van der Waals surface area contributed by atoms with Gasteiger partial charge in [-0.05, 0) is 24.5 Å². The number of benzene rings is 2. The zero-order chi connectivity index (χ0) is 21.2. The predicted molar refractivity (Wildman–Crippen MR) is 125 cm³/mol. The Morgan fingerprint density at radius 1 is 1.00 bits per heavy atom. The second-order valence-electron chi connectivity index (χ2n) is 7.75. The van der Waals surface area contributed by atoms with Gasteiger partial charge in [0.2, 0.25) is 0 Å². The summed E-state index contributed by atoms with van der Waals surface area (Å²) in [7, 11) is 2.24. The van der Waals surface area contributed by atoms with E-state index < -0.39 is 0 Å². The Kier molecular flexibility index (Phi) is 8.73. The lowest BCUT2D eigenvalue weighted by Crippen LogP contribution is -2.25. The van der Waals surface area contributed by atoms with Crippen molar-refractivity contribution in [3.8, 4) is 0 Å². The normalized spacial score (nSPS) is 15.0. The molecule has 3 aromatic rings. The van der Waals surface area contributed by atoms with Gasteiger partial charge in [0, 0.05) is 30.3 Å². The van der Waals surface area contributed by atoms with Crippen LogP contribution in [-0.4, -0.2) is 36.9 Å². The summed E-state index contributed by atoms with van der Waals surface area (Å²) >= 11 is 0. The zero-order valence-electron chi connectivity index (χ0n) is 18.4. The van der Waals surface area contributed by atoms with Crippen LogP contribution in [0.3, 0.4) is 0 Å². The van der Waals surface area contributed by atoms with Crippen molar-refractivity contribution in [1.82, 2.24) is 9.55 Å². The third-order valence-corrected chi connectivity index (χ3v) is 5.72. The van der Waals surface area contributed by atoms with Gasteiger partial charge in [-0.2, -0.15) is 0 Å². The molecule has 1 atom stereocenters. The summed E-state index contributed by atoms with van der Waals surface area (Å²) in [6.45, 7) is 6.61. The molecule has 1 aromatic heterocycles. The summed E-state index contributed by atoms with van der Waals surface area (Å²) in [4.78, 5) is 4.12. The van der Waals surface area contributed by atoms with E-state index in [0.717, 1.165) is 32.5 Å². The van der Waals surface area contributed by atoms with E-state index in [1.54, 1.807) is 0 Å². The van der Waals surface area contributed by atoms with Gasteiger partial charge in [0.05, 0.1) is 19.5 Å². The molecule has 1 aliphatic heterocycles. The van der Waals surface area contributed by atoms with Gasteiger partial charge in [0.25, 0.3) is 0 Å². The summed E-state index contributed by atoms with van der Waals surface area (Å²) in [5.41, 5.74) is 4.00. The van der Waals surface area contributed by atoms with E-state index in [1.807, 2.05) is 12.5 Å². The van der Waals surface area contributed by atoms with Crippen LogP contribution in [0.1, 0.15) is 36.1 Å². The highest BCUT2D eigenvalue weighted by Gasteiger charge is 2.25. The third kappa shape index (κ3) is 6.07. The molecule has 0 saturated carbocycles. The van der Waals surface area contributed by atoms with Crippen LogP contribution >= 0.6 is 0 Å². The molecule has 4 rings (SSSR count). The predicted octanol–water partition coefficient (Wildman–Crippen LogP) is 4.46. The Morgan fingerprint density at radius 3 is 2.00 bits per heavy atom. The number of hydrogen-bond acceptors (Lipinski definition) is 3. The number of hydrogen-bond donors (Lipinski definition) is 0. The second-order valence-corrected chi connectivity index (χ2v) is 7.75. The van der Waals surface area contributed by atoms with Crippen molar-refractivity contribution in [3.05, 3.63) is 90.0 Å². The van der Waals surface area contributed by atoms with E-state index in [2.05, 4.69) is 91.9 Å². The van der Waals surface area contributed by atoms with Crippen molar-refractivity contribution in [3.63, 3.8) is 0 Å². The van der Waals surface area contributed by atoms with Crippen molar-refractivity contribution in [2.75, 3.05) is 13.2 Å². The number of ether oxygens (including phenoxy) is 2. The van der Waals surface area contributed by atoms with Crippen LogP contribution in [-0.2, 0) is 16.0 Å². The summed E-state index contributed by atoms with van der Waals surface area (Å²) in [6.07, 6.45) is 5.92. The highest BCUT2D eigenvalue weighted by atomic mass is 16.7. The Morgan fingerprint density at radius 2 is 1.57 bits per heavy atom. The molecule has 0 bridgehead atoms. The van der Waals surface area contributed by atoms with Crippen molar-refractivity contribution in [2.45, 2.75) is 45.3 Å². The molecule has 158 valence electrons. The van der Waals surface area contributed by atoms with E-state index in [4.69, 9.17) is 9.47 Å². The van der Waals surface area contributed by atoms with Gasteiger partial charge in [-0.15, -0.1) is 0 Å². The van der Waals surface area contributed by atoms with Crippen LogP contribution in [0.4, 0.5) is 0 Å². The Labute approximate surface area is 181 Å². The first-order chi connectivity index (χ1) is 14.7. The molecule has 4 nitrogen and oxygen atoms in total. The molecule has 2 heterocycles. The van der Waals surface area contributed by atoms with Gasteiger partial charge in [-0.1, -0.05) is 73.9 Å². The molecule has 30 heavy (non-hydrogen) atoms. The highest BCUT2D eigenvalue weighted by molar-refractivity contribution is 6.09. The molecule has 1 aliphatic rings. The molecule has 0 N–H and O–H groups in total. The monoisotopic (exact) mass is 404 g/mol. The van der Waals surface area contributed by atoms with Gasteiger partial charge >= 0.3 is 0 Å². The Bertz CT molecular complexity index is 808. The minimum absolute atomic E-state index is 0.0307. The summed E-state index contributed by atoms with van der Waals surface area (Å²) in [5, 5.41) is 0. The van der Waals surface area contributed by atoms with Crippen LogP contribution in [0.15, 0.2) is 73.2 Å². The molecule has 1 fully saturated rings. The van der Waals surface area contributed by atoms with Crippen LogP contribution in [0.5, 0.6) is 0 Å². The SMILES string of the molecule is BCC(c1ccccc1)c1ccccc1.CCC(Cn1cncc1C)C1OCCO1. The topological polar surface area (TPSA) is 36.3 Å². The van der Waals surface area contributed by atoms with E-state index in [-0.39, 0.29) is 6.29 Å². The van der Waals surface area contributed by atoms with Crippen LogP contribution in [0.2, 0.25) is 6.32 Å². The first-order valence-corrected chi connectivity index (χ1v) is 11.0. The smallest absolute Gasteiger partial charge is 0.162 e. The number of aromatic nitrogens is 2. The fraction of sp³-hybridized carbons (Fsp3) is 0.400. The maximum absolute atomic E-state index is 5.54. The summed E-state index contributed by atoms with van der Waals surface area (Å²) in [5.74, 6) is 0.952. The van der Waals surface area contributed by atoms with E-state index in [9.17, 15) is 0 Å². The average Bonchev–Trinajstić information content (AvgIpc) is 3.47. The van der Waals surface area contributed by atoms with Gasteiger partial charge in [-0.3, -0.25) is 0 Å². The fourth-order valence-corrected chi connectivity index (χ4v) is 3.92. The number of rotatable bonds is 7. The average molecular weight is 404 g/mol. The van der Waals surface area contributed by atoms with Gasteiger partial charge < -0.3 is 14.0 Å². The van der Waals surface area contributed by atoms with Crippen molar-refractivity contribution >= 4 is 7.85 Å². The molecule has 0 radical (unpaired) electrons. The fourth-order valence-electron chi connectivity index (χ4n) is 3.92. The highest BCUT2D eigenvalue weighted by Crippen LogP contribution is 2.26. The largest absolute Gasteiger partial charge is 0.350 e. The molecule has 1 saturated heterocycles. The van der Waals surface area contributed by atoms with Crippen molar-refractivity contribution in [1.29, 1.82) is 0 Å². The quantitative estimate of drug-likeness (QED) is 0.546. The van der Waals surface area contributed by atoms with E-state index >= 15 is 0 Å². The minimum Gasteiger partial charge on any atom is -0.350 e. The van der Waals surface area contributed by atoms with E-state index in [0.29, 0.717) is 11.8 Å². The molecule has 5 heteroatoms. The van der Waals surface area contributed by atoms with Crippen LogP contribution in [0.25, 0.3) is 0 Å². The molecule has 2 aromatic carbocycles. The van der Waals surface area contributed by atoms with Crippen molar-refractivity contribution < 1.29 is 9.47 Å². The lowest BCUT2D eigenvalue weighted by atomic mass is 9.81. The lowest BCUT2D eigenvalue weighted by Gasteiger charge is -2.21. The molecular weight excluding hydrogens is 371 g/mol. The first kappa shape index (κ1) is 22.3. The molecule has 0 spiro atoms. The maximum atomic E-state index is 5.54. The Hall–Kier alpha value is -2.37. The zero-order valence-corrected chi connectivity index (χ0v) is 18.4. The number of aryl methyl sites for hydroxylation is 1. The molecule has 0 amide bonds. The van der Waals surface area contributed by atoms with Crippen LogP contribution in [0, 0.1) is 12.8 Å². The lowest BCUT2D eigenvalue weighted by molar-refractivity contribution is -0.0885. The molecule has 1 unspecified atom stereocenters. The minimum atomic E-state index is -0.0307. The van der Waals surface area contributed by atoms with Crippen molar-refractivity contribution in [2.24, 2.45) is 5.92 Å². The third-order valence-electron chi connectivity index (χ3n) is 5.72. The standard InChI is InChI=1S/C14H15B.C11H18N2O2/c15-11-14(12-7-3-1-4-8-12)13-9-5-2-6-10-13;1-3-10(11-14-4-5-15-11)7-13-8-12-6-9(13)2/h1-10,14H,11,15H2;6,8,10-11H,3-5,7H2,1-2H3. The van der Waals surface area contributed by atoms with Gasteiger partial charge in [-0.25, -0.2) is 4.98 Å². The maximum Gasteiger partial charge on any atom is 0.162 e. The van der Waals surface area contributed by atoms with Crippen LogP contribution < -0.4 is 0 Å². The summed E-state index contributed by atoms with van der Waals surface area (Å²) < 4.78 is 13.2. The van der Waals surface area contributed by atoms with Gasteiger partial charge in [0.15, 0.2) is 6.29 Å². The molecular formula is C25H33BN2O2. The number of imidazole rings is 1. The molecule has 0 aliphatic carbocycles.